The monoisotopic (exact) mass is 363 g/mol. The number of hydrogen-bond donors (Lipinski definition) is 0. The Morgan fingerprint density at radius 1 is 1.04 bits per heavy atom. The van der Waals surface area contributed by atoms with E-state index in [-0.39, 0.29) is 5.70 Å². The zero-order valence-corrected chi connectivity index (χ0v) is 15.9. The fourth-order valence-corrected chi connectivity index (χ4v) is 2.82. The molecule has 0 saturated carbocycles. The van der Waals surface area contributed by atoms with Gasteiger partial charge in [-0.05, 0) is 37.6 Å². The van der Waals surface area contributed by atoms with Crippen LogP contribution < -0.4 is 4.74 Å². The number of para-hydroxylation sites is 1. The van der Waals surface area contributed by atoms with Gasteiger partial charge in [0.15, 0.2) is 5.70 Å². The predicted octanol–water partition coefficient (Wildman–Crippen LogP) is 5.30. The summed E-state index contributed by atoms with van der Waals surface area (Å²) in [5.41, 5.74) is 3.05. The van der Waals surface area contributed by atoms with Crippen LogP contribution in [0.1, 0.15) is 49.3 Å². The third-order valence-electron chi connectivity index (χ3n) is 4.39. The Kier molecular flexibility index (Phi) is 6.42. The Hall–Kier alpha value is -2.88. The minimum Gasteiger partial charge on any atom is -0.493 e. The molecule has 0 aliphatic carbocycles. The fraction of sp³-hybridized carbons (Fsp3) is 0.304. The Morgan fingerprint density at radius 2 is 1.81 bits per heavy atom. The van der Waals surface area contributed by atoms with E-state index in [4.69, 9.17) is 9.47 Å². The number of esters is 1. The van der Waals surface area contributed by atoms with E-state index in [9.17, 15) is 4.79 Å². The standard InChI is InChI=1S/C23H25NO3/c1-3-4-5-8-15-26-21-10-7-6-9-19(21)16-20-23(25)27-22(24-20)18-13-11-17(2)12-14-18/h6-7,9-14,16H,3-5,8,15H2,1-2H3. The van der Waals surface area contributed by atoms with Crippen molar-refractivity contribution in [2.75, 3.05) is 6.61 Å². The summed E-state index contributed by atoms with van der Waals surface area (Å²) in [6.45, 7) is 4.87. The van der Waals surface area contributed by atoms with Gasteiger partial charge >= 0.3 is 5.97 Å². The van der Waals surface area contributed by atoms with Crippen molar-refractivity contribution >= 4 is 17.9 Å². The summed E-state index contributed by atoms with van der Waals surface area (Å²) in [4.78, 5) is 16.6. The maximum absolute atomic E-state index is 12.2. The molecule has 0 amide bonds. The number of cyclic esters (lactones) is 1. The number of carbonyl (C=O) groups is 1. The summed E-state index contributed by atoms with van der Waals surface area (Å²) < 4.78 is 11.2. The van der Waals surface area contributed by atoms with Gasteiger partial charge in [-0.15, -0.1) is 0 Å². The summed E-state index contributed by atoms with van der Waals surface area (Å²) in [5, 5.41) is 0. The van der Waals surface area contributed by atoms with Crippen LogP contribution in [0.2, 0.25) is 0 Å². The highest BCUT2D eigenvalue weighted by atomic mass is 16.6. The minimum atomic E-state index is -0.441. The van der Waals surface area contributed by atoms with Crippen molar-refractivity contribution in [3.8, 4) is 5.75 Å². The van der Waals surface area contributed by atoms with Crippen molar-refractivity contribution in [1.29, 1.82) is 0 Å². The largest absolute Gasteiger partial charge is 0.493 e. The molecule has 0 radical (unpaired) electrons. The fourth-order valence-electron chi connectivity index (χ4n) is 2.82. The molecule has 27 heavy (non-hydrogen) atoms. The first-order valence-electron chi connectivity index (χ1n) is 9.49. The zero-order valence-electron chi connectivity index (χ0n) is 15.9. The van der Waals surface area contributed by atoms with Crippen LogP contribution in [0, 0.1) is 6.92 Å². The first kappa shape index (κ1) is 18.9. The van der Waals surface area contributed by atoms with Crippen molar-refractivity contribution in [3.05, 3.63) is 70.9 Å². The molecule has 4 nitrogen and oxygen atoms in total. The van der Waals surface area contributed by atoms with E-state index in [0.29, 0.717) is 12.5 Å². The van der Waals surface area contributed by atoms with Gasteiger partial charge in [-0.3, -0.25) is 0 Å². The van der Waals surface area contributed by atoms with E-state index in [2.05, 4.69) is 11.9 Å². The maximum atomic E-state index is 12.2. The van der Waals surface area contributed by atoms with E-state index < -0.39 is 5.97 Å². The minimum absolute atomic E-state index is 0.285. The second-order valence-electron chi connectivity index (χ2n) is 6.65. The lowest BCUT2D eigenvalue weighted by molar-refractivity contribution is -0.129. The second-order valence-corrected chi connectivity index (χ2v) is 6.65. The molecule has 0 spiro atoms. The second kappa shape index (κ2) is 9.17. The molecule has 0 N–H and O–H groups in total. The molecule has 0 aromatic heterocycles. The highest BCUT2D eigenvalue weighted by molar-refractivity contribution is 6.12. The molecule has 0 fully saturated rings. The average Bonchev–Trinajstić information content (AvgIpc) is 3.04. The van der Waals surface area contributed by atoms with Crippen molar-refractivity contribution in [3.63, 3.8) is 0 Å². The van der Waals surface area contributed by atoms with E-state index in [1.54, 1.807) is 6.08 Å². The van der Waals surface area contributed by atoms with Crippen LogP contribution in [-0.2, 0) is 9.53 Å². The van der Waals surface area contributed by atoms with Crippen molar-refractivity contribution in [2.24, 2.45) is 4.99 Å². The quantitative estimate of drug-likeness (QED) is 0.363. The molecule has 0 unspecified atom stereocenters. The molecule has 0 atom stereocenters. The van der Waals surface area contributed by atoms with Crippen LogP contribution in [0.5, 0.6) is 5.75 Å². The summed E-state index contributed by atoms with van der Waals surface area (Å²) >= 11 is 0. The number of aliphatic imine (C=N–C) groups is 1. The number of hydrogen-bond acceptors (Lipinski definition) is 4. The molecule has 4 heteroatoms. The number of carbonyl (C=O) groups excluding carboxylic acids is 1. The molecule has 0 saturated heterocycles. The van der Waals surface area contributed by atoms with Crippen LogP contribution in [0.3, 0.4) is 0 Å². The van der Waals surface area contributed by atoms with Crippen LogP contribution in [0.4, 0.5) is 0 Å². The molecule has 2 aromatic carbocycles. The topological polar surface area (TPSA) is 47.9 Å². The van der Waals surface area contributed by atoms with Gasteiger partial charge in [-0.2, -0.15) is 0 Å². The number of aryl methyl sites for hydroxylation is 1. The van der Waals surface area contributed by atoms with E-state index >= 15 is 0 Å². The summed E-state index contributed by atoms with van der Waals surface area (Å²) in [6, 6.07) is 15.4. The number of nitrogens with zero attached hydrogens (tertiary/aromatic N) is 1. The van der Waals surface area contributed by atoms with E-state index in [0.717, 1.165) is 35.3 Å². The van der Waals surface area contributed by atoms with E-state index in [1.807, 2.05) is 55.5 Å². The van der Waals surface area contributed by atoms with Gasteiger partial charge in [0.05, 0.1) is 6.61 Å². The predicted molar refractivity (Wildman–Crippen MR) is 108 cm³/mol. The molecule has 1 heterocycles. The molecule has 140 valence electrons. The maximum Gasteiger partial charge on any atom is 0.363 e. The van der Waals surface area contributed by atoms with Gasteiger partial charge < -0.3 is 9.47 Å². The van der Waals surface area contributed by atoms with Crippen molar-refractivity contribution in [2.45, 2.75) is 39.5 Å². The smallest absolute Gasteiger partial charge is 0.363 e. The van der Waals surface area contributed by atoms with Crippen LogP contribution in [0.15, 0.2) is 59.2 Å². The Balaban J connectivity index is 1.75. The Bertz CT molecular complexity index is 850. The lowest BCUT2D eigenvalue weighted by Crippen LogP contribution is -2.05. The molecule has 3 rings (SSSR count). The molecule has 0 bridgehead atoms. The molecular formula is C23H25NO3. The van der Waals surface area contributed by atoms with Crippen LogP contribution in [-0.4, -0.2) is 18.5 Å². The average molecular weight is 363 g/mol. The summed E-state index contributed by atoms with van der Waals surface area (Å²) in [6.07, 6.45) is 6.33. The molecule has 1 aliphatic heterocycles. The van der Waals surface area contributed by atoms with Gasteiger partial charge in [0.2, 0.25) is 5.90 Å². The summed E-state index contributed by atoms with van der Waals surface area (Å²) in [7, 11) is 0. The Morgan fingerprint density at radius 3 is 2.59 bits per heavy atom. The Labute approximate surface area is 160 Å². The lowest BCUT2D eigenvalue weighted by atomic mass is 10.1. The SMILES string of the molecule is CCCCCCOc1ccccc1C=C1N=C(c2ccc(C)cc2)OC1=O. The zero-order chi connectivity index (χ0) is 19.1. The van der Waals surface area contributed by atoms with Crippen molar-refractivity contribution < 1.29 is 14.3 Å². The number of benzene rings is 2. The van der Waals surface area contributed by atoms with Crippen LogP contribution >= 0.6 is 0 Å². The first-order valence-corrected chi connectivity index (χ1v) is 9.49. The third kappa shape index (κ3) is 5.07. The third-order valence-corrected chi connectivity index (χ3v) is 4.39. The van der Waals surface area contributed by atoms with Crippen molar-refractivity contribution in [1.82, 2.24) is 0 Å². The number of ether oxygens (including phenoxy) is 2. The number of unbranched alkanes of at least 4 members (excludes halogenated alkanes) is 3. The lowest BCUT2D eigenvalue weighted by Gasteiger charge is -2.09. The molecule has 2 aromatic rings. The van der Waals surface area contributed by atoms with Crippen LogP contribution in [0.25, 0.3) is 6.08 Å². The number of rotatable bonds is 8. The van der Waals surface area contributed by atoms with Gasteiger partial charge in [-0.1, -0.05) is 62.1 Å². The van der Waals surface area contributed by atoms with E-state index in [1.165, 1.54) is 12.8 Å². The van der Waals surface area contributed by atoms with Gasteiger partial charge in [-0.25, -0.2) is 9.79 Å². The molecule has 1 aliphatic rings. The van der Waals surface area contributed by atoms with Gasteiger partial charge in [0.25, 0.3) is 0 Å². The normalized spacial score (nSPS) is 15.0. The van der Waals surface area contributed by atoms with Gasteiger partial charge in [0.1, 0.15) is 5.75 Å². The highest BCUT2D eigenvalue weighted by Crippen LogP contribution is 2.25. The first-order chi connectivity index (χ1) is 13.2. The molecular weight excluding hydrogens is 338 g/mol. The van der Waals surface area contributed by atoms with Gasteiger partial charge in [0, 0.05) is 11.1 Å². The summed E-state index contributed by atoms with van der Waals surface area (Å²) in [5.74, 6) is 0.654. The highest BCUT2D eigenvalue weighted by Gasteiger charge is 2.24.